The highest BCUT2D eigenvalue weighted by molar-refractivity contribution is 5.42. The van der Waals surface area contributed by atoms with Crippen molar-refractivity contribution in [3.05, 3.63) is 29.2 Å². The summed E-state index contributed by atoms with van der Waals surface area (Å²) in [7, 11) is 0. The molecule has 1 atom stereocenters. The molecule has 3 rings (SSSR count). The molecule has 6 nitrogen and oxygen atoms in total. The highest BCUT2D eigenvalue weighted by atomic mass is 16.3. The van der Waals surface area contributed by atoms with Gasteiger partial charge in [-0.1, -0.05) is 0 Å². The lowest BCUT2D eigenvalue weighted by Gasteiger charge is -2.29. The van der Waals surface area contributed by atoms with E-state index >= 15 is 0 Å². The number of piperidine rings is 1. The van der Waals surface area contributed by atoms with Gasteiger partial charge < -0.3 is 15.3 Å². The monoisotopic (exact) mass is 331 g/mol. The van der Waals surface area contributed by atoms with E-state index in [0.717, 1.165) is 62.5 Å². The molecule has 2 aromatic rings. The lowest BCUT2D eigenvalue weighted by molar-refractivity contribution is 0.0820. The number of aromatic nitrogens is 3. The van der Waals surface area contributed by atoms with Crippen LogP contribution in [0.4, 0.5) is 0 Å². The maximum absolute atomic E-state index is 9.55. The van der Waals surface area contributed by atoms with Crippen molar-refractivity contribution in [1.29, 1.82) is 0 Å². The molecular formula is C18H29N5O. The summed E-state index contributed by atoms with van der Waals surface area (Å²) in [6.45, 7) is 10.4. The number of likely N-dealkylation sites (tertiary alicyclic amines) is 1. The molecule has 1 fully saturated rings. The molecule has 0 bridgehead atoms. The number of fused-ring (bicyclic) bond motifs is 1. The van der Waals surface area contributed by atoms with Gasteiger partial charge >= 0.3 is 0 Å². The zero-order valence-electron chi connectivity index (χ0n) is 15.0. The molecule has 1 aliphatic rings. The zero-order valence-corrected chi connectivity index (χ0v) is 15.0. The molecule has 1 aliphatic heterocycles. The number of aliphatic hydroxyl groups excluding tert-OH is 1. The van der Waals surface area contributed by atoms with Crippen LogP contribution in [-0.4, -0.2) is 56.9 Å². The van der Waals surface area contributed by atoms with Crippen LogP contribution in [0.15, 0.2) is 12.3 Å². The topological polar surface area (TPSA) is 65.7 Å². The molecule has 0 amide bonds. The van der Waals surface area contributed by atoms with Gasteiger partial charge in [-0.25, -0.2) is 9.50 Å². The Morgan fingerprint density at radius 2 is 2.08 bits per heavy atom. The Kier molecular flexibility index (Phi) is 5.48. The fraction of sp³-hybridized carbons (Fsp3) is 0.667. The molecular weight excluding hydrogens is 302 g/mol. The highest BCUT2D eigenvalue weighted by Gasteiger charge is 2.16. The smallest absolute Gasteiger partial charge is 0.155 e. The molecule has 1 saturated heterocycles. The Labute approximate surface area is 143 Å². The van der Waals surface area contributed by atoms with Crippen molar-refractivity contribution in [2.45, 2.75) is 52.2 Å². The first-order valence-electron chi connectivity index (χ1n) is 9.00. The predicted octanol–water partition coefficient (Wildman–Crippen LogP) is 1.84. The maximum atomic E-state index is 9.55. The zero-order chi connectivity index (χ0) is 17.1. The van der Waals surface area contributed by atoms with E-state index in [1.165, 1.54) is 5.56 Å². The van der Waals surface area contributed by atoms with Crippen LogP contribution in [0.5, 0.6) is 0 Å². The Balaban J connectivity index is 1.50. The summed E-state index contributed by atoms with van der Waals surface area (Å²) in [6.07, 6.45) is 4.83. The van der Waals surface area contributed by atoms with Gasteiger partial charge in [0, 0.05) is 42.7 Å². The van der Waals surface area contributed by atoms with Crippen molar-refractivity contribution in [2.75, 3.05) is 26.2 Å². The van der Waals surface area contributed by atoms with Gasteiger partial charge in [0.2, 0.25) is 0 Å². The molecule has 24 heavy (non-hydrogen) atoms. The first-order valence-corrected chi connectivity index (χ1v) is 9.00. The van der Waals surface area contributed by atoms with Crippen molar-refractivity contribution in [3.63, 3.8) is 0 Å². The molecule has 1 unspecified atom stereocenters. The Bertz CT molecular complexity index is 675. The summed E-state index contributed by atoms with van der Waals surface area (Å²) >= 11 is 0. The SMILES string of the molecule is Cc1cc2ncc(C(C)NCCCN3CCC(O)CC3)c(C)n2n1. The number of nitrogens with one attached hydrogen (secondary N) is 1. The van der Waals surface area contributed by atoms with Crippen LogP contribution in [0.25, 0.3) is 5.65 Å². The third-order valence-electron chi connectivity index (χ3n) is 5.01. The van der Waals surface area contributed by atoms with Crippen molar-refractivity contribution in [1.82, 2.24) is 24.8 Å². The minimum absolute atomic E-state index is 0.0873. The third kappa shape index (κ3) is 3.94. The lowest BCUT2D eigenvalue weighted by Crippen LogP contribution is -2.37. The van der Waals surface area contributed by atoms with E-state index in [1.54, 1.807) is 0 Å². The fourth-order valence-electron chi connectivity index (χ4n) is 3.48. The van der Waals surface area contributed by atoms with Gasteiger partial charge in [0.1, 0.15) is 0 Å². The molecule has 6 heteroatoms. The Hall–Kier alpha value is -1.50. The minimum Gasteiger partial charge on any atom is -0.393 e. The van der Waals surface area contributed by atoms with Crippen LogP contribution in [0, 0.1) is 13.8 Å². The van der Waals surface area contributed by atoms with Gasteiger partial charge in [-0.15, -0.1) is 0 Å². The van der Waals surface area contributed by atoms with Gasteiger partial charge in [-0.3, -0.25) is 0 Å². The largest absolute Gasteiger partial charge is 0.393 e. The summed E-state index contributed by atoms with van der Waals surface area (Å²) < 4.78 is 1.93. The Morgan fingerprint density at radius 3 is 2.83 bits per heavy atom. The minimum atomic E-state index is -0.0873. The van der Waals surface area contributed by atoms with E-state index in [4.69, 9.17) is 0 Å². The number of rotatable bonds is 6. The van der Waals surface area contributed by atoms with Gasteiger partial charge in [-0.05, 0) is 53.1 Å². The quantitative estimate of drug-likeness (QED) is 0.791. The molecule has 0 aromatic carbocycles. The second-order valence-electron chi connectivity index (χ2n) is 6.96. The number of aryl methyl sites for hydroxylation is 2. The van der Waals surface area contributed by atoms with E-state index in [9.17, 15) is 5.11 Å². The third-order valence-corrected chi connectivity index (χ3v) is 5.01. The number of nitrogens with zero attached hydrogens (tertiary/aromatic N) is 4. The van der Waals surface area contributed by atoms with Crippen molar-refractivity contribution < 1.29 is 5.11 Å². The van der Waals surface area contributed by atoms with E-state index in [2.05, 4.69) is 34.1 Å². The molecule has 0 saturated carbocycles. The van der Waals surface area contributed by atoms with Crippen LogP contribution in [0.3, 0.4) is 0 Å². The molecule has 0 radical (unpaired) electrons. The standard InChI is InChI=1S/C18H29N5O/c1-13-11-18-20-12-17(15(3)23(18)21-13)14(2)19-7-4-8-22-9-5-16(24)6-10-22/h11-12,14,16,19,24H,4-10H2,1-3H3. The summed E-state index contributed by atoms with van der Waals surface area (Å²) in [4.78, 5) is 6.97. The van der Waals surface area contributed by atoms with Gasteiger partial charge in [0.25, 0.3) is 0 Å². The summed E-state index contributed by atoms with van der Waals surface area (Å²) in [6, 6.07) is 2.26. The van der Waals surface area contributed by atoms with Crippen molar-refractivity contribution in [3.8, 4) is 0 Å². The second kappa shape index (κ2) is 7.59. The molecule has 3 heterocycles. The number of hydrogen-bond acceptors (Lipinski definition) is 5. The fourth-order valence-corrected chi connectivity index (χ4v) is 3.48. The molecule has 0 spiro atoms. The summed E-state index contributed by atoms with van der Waals surface area (Å²) in [5.74, 6) is 0. The number of hydrogen-bond donors (Lipinski definition) is 2. The number of aliphatic hydroxyl groups is 1. The average molecular weight is 331 g/mol. The van der Waals surface area contributed by atoms with E-state index in [1.807, 2.05) is 23.7 Å². The Morgan fingerprint density at radius 1 is 1.33 bits per heavy atom. The first kappa shape index (κ1) is 17.3. The van der Waals surface area contributed by atoms with Crippen LogP contribution in [0.2, 0.25) is 0 Å². The summed E-state index contributed by atoms with van der Waals surface area (Å²) in [5, 5.41) is 17.7. The summed E-state index contributed by atoms with van der Waals surface area (Å²) in [5.41, 5.74) is 4.26. The molecule has 0 aliphatic carbocycles. The van der Waals surface area contributed by atoms with Crippen LogP contribution < -0.4 is 5.32 Å². The van der Waals surface area contributed by atoms with Crippen LogP contribution in [0.1, 0.15) is 49.2 Å². The maximum Gasteiger partial charge on any atom is 0.155 e. The van der Waals surface area contributed by atoms with Crippen molar-refractivity contribution >= 4 is 5.65 Å². The second-order valence-corrected chi connectivity index (χ2v) is 6.96. The highest BCUT2D eigenvalue weighted by Crippen LogP contribution is 2.18. The van der Waals surface area contributed by atoms with E-state index in [0.29, 0.717) is 0 Å². The predicted molar refractivity (Wildman–Crippen MR) is 95.2 cm³/mol. The van der Waals surface area contributed by atoms with Gasteiger partial charge in [0.05, 0.1) is 11.8 Å². The van der Waals surface area contributed by atoms with Gasteiger partial charge in [-0.2, -0.15) is 5.10 Å². The molecule has 132 valence electrons. The molecule has 2 aromatic heterocycles. The average Bonchev–Trinajstić information content (AvgIpc) is 2.95. The van der Waals surface area contributed by atoms with Crippen LogP contribution in [-0.2, 0) is 0 Å². The van der Waals surface area contributed by atoms with Crippen molar-refractivity contribution in [2.24, 2.45) is 0 Å². The van der Waals surface area contributed by atoms with Gasteiger partial charge in [0.15, 0.2) is 5.65 Å². The lowest BCUT2D eigenvalue weighted by atomic mass is 10.1. The normalized spacial score (nSPS) is 18.3. The molecule has 2 N–H and O–H groups in total. The van der Waals surface area contributed by atoms with E-state index < -0.39 is 0 Å². The van der Waals surface area contributed by atoms with E-state index in [-0.39, 0.29) is 12.1 Å². The van der Waals surface area contributed by atoms with Crippen LogP contribution >= 0.6 is 0 Å². The first-order chi connectivity index (χ1) is 11.5.